The number of nitrogens with two attached hydrogens (primary N) is 1. The van der Waals surface area contributed by atoms with Gasteiger partial charge < -0.3 is 5.73 Å². The predicted molar refractivity (Wildman–Crippen MR) is 134 cm³/mol. The van der Waals surface area contributed by atoms with Crippen LogP contribution in [0.2, 0.25) is 0 Å². The smallest absolute Gasteiger partial charge is 0.243 e. The first-order valence-corrected chi connectivity index (χ1v) is 12.6. The van der Waals surface area contributed by atoms with Crippen LogP contribution in [-0.4, -0.2) is 12.7 Å². The molecule has 4 rings (SSSR count). The summed E-state index contributed by atoms with van der Waals surface area (Å²) in [6.45, 7) is 2.30. The van der Waals surface area contributed by atoms with Crippen LogP contribution in [0.25, 0.3) is 11.1 Å². The Kier molecular flexibility index (Phi) is 7.40. The molecule has 0 fully saturated rings. The quantitative estimate of drug-likeness (QED) is 0.339. The van der Waals surface area contributed by atoms with E-state index in [1.165, 1.54) is 28.6 Å². The lowest BCUT2D eigenvalue weighted by Gasteiger charge is -2.23. The molecule has 0 bridgehead atoms. The predicted octanol–water partition coefficient (Wildman–Crippen LogP) is 5.79. The van der Waals surface area contributed by atoms with Crippen molar-refractivity contribution in [2.24, 2.45) is 5.73 Å². The normalized spacial score (nSPS) is 11.7. The molecular formula is C28H26F2N2O2S. The second-order valence-corrected chi connectivity index (χ2v) is 10.4. The van der Waals surface area contributed by atoms with Gasteiger partial charge in [-0.1, -0.05) is 48.0 Å². The van der Waals surface area contributed by atoms with E-state index in [9.17, 15) is 17.2 Å². The number of hydrogen-bond donors (Lipinski definition) is 1. The van der Waals surface area contributed by atoms with Gasteiger partial charge in [-0.2, -0.15) is 4.31 Å². The Hall–Kier alpha value is -3.39. The van der Waals surface area contributed by atoms with Crippen molar-refractivity contribution >= 4 is 10.0 Å². The molecule has 0 aliphatic carbocycles. The zero-order valence-corrected chi connectivity index (χ0v) is 20.1. The minimum atomic E-state index is -3.87. The summed E-state index contributed by atoms with van der Waals surface area (Å²) >= 11 is 0. The average molecular weight is 493 g/mol. The van der Waals surface area contributed by atoms with Gasteiger partial charge in [-0.3, -0.25) is 0 Å². The highest BCUT2D eigenvalue weighted by Gasteiger charge is 2.25. The molecule has 0 saturated carbocycles. The van der Waals surface area contributed by atoms with E-state index in [-0.39, 0.29) is 36.2 Å². The van der Waals surface area contributed by atoms with Gasteiger partial charge >= 0.3 is 0 Å². The van der Waals surface area contributed by atoms with Crippen molar-refractivity contribution in [3.8, 4) is 11.1 Å². The fourth-order valence-corrected chi connectivity index (χ4v) is 5.28. The molecule has 0 aliphatic heterocycles. The van der Waals surface area contributed by atoms with E-state index < -0.39 is 10.0 Å². The van der Waals surface area contributed by atoms with E-state index >= 15 is 0 Å². The maximum atomic E-state index is 13.7. The highest BCUT2D eigenvalue weighted by Crippen LogP contribution is 2.27. The Balaban J connectivity index is 1.74. The monoisotopic (exact) mass is 492 g/mol. The molecular weight excluding hydrogens is 466 g/mol. The van der Waals surface area contributed by atoms with E-state index in [0.717, 1.165) is 27.8 Å². The number of sulfonamides is 1. The molecule has 0 spiro atoms. The number of halogens is 2. The summed E-state index contributed by atoms with van der Waals surface area (Å²) < 4.78 is 55.6. The first-order valence-electron chi connectivity index (χ1n) is 11.1. The van der Waals surface area contributed by atoms with Gasteiger partial charge in [-0.15, -0.1) is 0 Å². The summed E-state index contributed by atoms with van der Waals surface area (Å²) in [7, 11) is -3.87. The van der Waals surface area contributed by atoms with Crippen LogP contribution in [0.15, 0.2) is 95.9 Å². The van der Waals surface area contributed by atoms with Gasteiger partial charge in [0.2, 0.25) is 10.0 Å². The van der Waals surface area contributed by atoms with E-state index in [4.69, 9.17) is 5.73 Å². The largest absolute Gasteiger partial charge is 0.326 e. The highest BCUT2D eigenvalue weighted by atomic mass is 32.2. The average Bonchev–Trinajstić information content (AvgIpc) is 2.85. The van der Waals surface area contributed by atoms with Gasteiger partial charge in [-0.05, 0) is 83.3 Å². The number of benzene rings is 4. The molecule has 35 heavy (non-hydrogen) atoms. The van der Waals surface area contributed by atoms with E-state index in [0.29, 0.717) is 5.56 Å². The zero-order valence-electron chi connectivity index (χ0n) is 19.3. The molecule has 4 aromatic carbocycles. The number of aryl methyl sites for hydroxylation is 1. The van der Waals surface area contributed by atoms with Crippen LogP contribution in [0.4, 0.5) is 8.78 Å². The summed E-state index contributed by atoms with van der Waals surface area (Å²) in [4.78, 5) is 0.180. The third kappa shape index (κ3) is 6.00. The van der Waals surface area contributed by atoms with Crippen LogP contribution < -0.4 is 5.73 Å². The summed E-state index contributed by atoms with van der Waals surface area (Å²) in [5, 5.41) is 0. The van der Waals surface area contributed by atoms with Crippen molar-refractivity contribution in [3.63, 3.8) is 0 Å². The van der Waals surface area contributed by atoms with Gasteiger partial charge in [0.25, 0.3) is 0 Å². The SMILES string of the molecule is Cc1ccc(S(=O)(=O)N(Cc2ccc(F)cc2)Cc2cc(CN)cc(-c3ccc(F)cc3)c2)cc1. The molecule has 0 heterocycles. The minimum absolute atomic E-state index is 0.0647. The molecule has 7 heteroatoms. The van der Waals surface area contributed by atoms with Gasteiger partial charge in [-0.25, -0.2) is 17.2 Å². The third-order valence-electron chi connectivity index (χ3n) is 5.76. The number of hydrogen-bond acceptors (Lipinski definition) is 3. The molecule has 0 saturated heterocycles. The van der Waals surface area contributed by atoms with Gasteiger partial charge in [0.1, 0.15) is 11.6 Å². The van der Waals surface area contributed by atoms with E-state index in [1.807, 2.05) is 25.1 Å². The second kappa shape index (κ2) is 10.5. The number of rotatable bonds is 8. The molecule has 0 aromatic heterocycles. The first kappa shape index (κ1) is 24.7. The Morgan fingerprint density at radius 3 is 1.83 bits per heavy atom. The van der Waals surface area contributed by atoms with Crippen LogP contribution >= 0.6 is 0 Å². The molecule has 0 unspecified atom stereocenters. The van der Waals surface area contributed by atoms with E-state index in [2.05, 4.69) is 0 Å². The molecule has 2 N–H and O–H groups in total. The number of nitrogens with zero attached hydrogens (tertiary/aromatic N) is 1. The summed E-state index contributed by atoms with van der Waals surface area (Å²) in [6.07, 6.45) is 0. The molecule has 0 amide bonds. The topological polar surface area (TPSA) is 63.4 Å². The first-order chi connectivity index (χ1) is 16.7. The van der Waals surface area contributed by atoms with Crippen molar-refractivity contribution in [3.05, 3.63) is 125 Å². The van der Waals surface area contributed by atoms with Crippen molar-refractivity contribution in [2.45, 2.75) is 31.5 Å². The van der Waals surface area contributed by atoms with Crippen LogP contribution in [0.1, 0.15) is 22.3 Å². The second-order valence-electron chi connectivity index (χ2n) is 8.46. The van der Waals surface area contributed by atoms with Crippen molar-refractivity contribution in [2.75, 3.05) is 0 Å². The Labute approximate surface area is 204 Å². The zero-order chi connectivity index (χ0) is 25.0. The summed E-state index contributed by atoms with van der Waals surface area (Å²) in [5.41, 5.74) is 10.7. The molecule has 180 valence electrons. The van der Waals surface area contributed by atoms with Crippen LogP contribution in [0, 0.1) is 18.6 Å². The summed E-state index contributed by atoms with van der Waals surface area (Å²) in [6, 6.07) is 24.2. The maximum absolute atomic E-state index is 13.7. The lowest BCUT2D eigenvalue weighted by Crippen LogP contribution is -2.30. The lowest BCUT2D eigenvalue weighted by atomic mass is 9.99. The minimum Gasteiger partial charge on any atom is -0.326 e. The van der Waals surface area contributed by atoms with Crippen molar-refractivity contribution in [1.29, 1.82) is 0 Å². The van der Waals surface area contributed by atoms with Gasteiger partial charge in [0.15, 0.2) is 0 Å². The molecule has 4 aromatic rings. The molecule has 0 atom stereocenters. The van der Waals surface area contributed by atoms with E-state index in [1.54, 1.807) is 48.5 Å². The molecule has 0 radical (unpaired) electrons. The molecule has 4 nitrogen and oxygen atoms in total. The van der Waals surface area contributed by atoms with Crippen molar-refractivity contribution in [1.82, 2.24) is 4.31 Å². The summed E-state index contributed by atoms with van der Waals surface area (Å²) in [5.74, 6) is -0.722. The Morgan fingerprint density at radius 1 is 0.686 bits per heavy atom. The van der Waals surface area contributed by atoms with Crippen molar-refractivity contribution < 1.29 is 17.2 Å². The van der Waals surface area contributed by atoms with Crippen LogP contribution in [-0.2, 0) is 29.7 Å². The highest BCUT2D eigenvalue weighted by molar-refractivity contribution is 7.89. The lowest BCUT2D eigenvalue weighted by molar-refractivity contribution is 0.401. The Morgan fingerprint density at radius 2 is 1.23 bits per heavy atom. The van der Waals surface area contributed by atoms with Gasteiger partial charge in [0.05, 0.1) is 4.90 Å². The Bertz CT molecular complexity index is 1400. The van der Waals surface area contributed by atoms with Gasteiger partial charge in [0, 0.05) is 19.6 Å². The fourth-order valence-electron chi connectivity index (χ4n) is 3.86. The molecule has 0 aliphatic rings. The third-order valence-corrected chi connectivity index (χ3v) is 7.56. The van der Waals surface area contributed by atoms with Crippen LogP contribution in [0.5, 0.6) is 0 Å². The maximum Gasteiger partial charge on any atom is 0.243 e. The van der Waals surface area contributed by atoms with Crippen LogP contribution in [0.3, 0.4) is 0 Å². The standard InChI is InChI=1S/C28H26F2N2O2S/c1-20-2-12-28(13-3-20)35(33,34)32(18-21-4-8-26(29)9-5-21)19-23-14-22(17-31)15-25(16-23)24-6-10-27(30)11-7-24/h2-16H,17-19,31H2,1H3. The fraction of sp³-hybridized carbons (Fsp3) is 0.143.